The van der Waals surface area contributed by atoms with Crippen molar-refractivity contribution in [3.05, 3.63) is 34.3 Å². The monoisotopic (exact) mass is 197 g/mol. The molecule has 0 atom stereocenters. The zero-order valence-electron chi connectivity index (χ0n) is 8.23. The molecule has 0 heterocycles. The molecule has 0 radical (unpaired) electrons. The maximum absolute atomic E-state index is 5.92. The Kier molecular flexibility index (Phi) is 4.26. The summed E-state index contributed by atoms with van der Waals surface area (Å²) in [6.45, 7) is 6.21. The van der Waals surface area contributed by atoms with E-state index in [1.165, 1.54) is 12.0 Å². The molecule has 0 bridgehead atoms. The van der Waals surface area contributed by atoms with Crippen molar-refractivity contribution in [2.75, 3.05) is 6.54 Å². The number of hydrogen-bond donors (Lipinski definition) is 1. The van der Waals surface area contributed by atoms with Gasteiger partial charge in [0.15, 0.2) is 0 Å². The van der Waals surface area contributed by atoms with Gasteiger partial charge in [0.05, 0.1) is 0 Å². The zero-order chi connectivity index (χ0) is 9.68. The van der Waals surface area contributed by atoms with Gasteiger partial charge in [0, 0.05) is 11.6 Å². The third-order valence-electron chi connectivity index (χ3n) is 1.98. The van der Waals surface area contributed by atoms with Gasteiger partial charge in [-0.2, -0.15) is 0 Å². The standard InChI is InChI=1S/C11H16ClN/c1-3-6-13-8-10-4-5-11(12)9(2)7-10/h4-5,7,13H,3,6,8H2,1-2H3. The molecule has 0 fully saturated rings. The summed E-state index contributed by atoms with van der Waals surface area (Å²) < 4.78 is 0. The van der Waals surface area contributed by atoms with Crippen LogP contribution in [0.1, 0.15) is 24.5 Å². The van der Waals surface area contributed by atoms with Crippen LogP contribution in [0.4, 0.5) is 0 Å². The molecule has 0 aliphatic carbocycles. The summed E-state index contributed by atoms with van der Waals surface area (Å²) in [6, 6.07) is 6.16. The summed E-state index contributed by atoms with van der Waals surface area (Å²) in [5.74, 6) is 0. The maximum Gasteiger partial charge on any atom is 0.0435 e. The molecule has 0 amide bonds. The van der Waals surface area contributed by atoms with Gasteiger partial charge in [0.2, 0.25) is 0 Å². The molecular formula is C11H16ClN. The van der Waals surface area contributed by atoms with Crippen molar-refractivity contribution in [3.63, 3.8) is 0 Å². The summed E-state index contributed by atoms with van der Waals surface area (Å²) in [5, 5.41) is 4.20. The van der Waals surface area contributed by atoms with Gasteiger partial charge >= 0.3 is 0 Å². The largest absolute Gasteiger partial charge is 0.313 e. The smallest absolute Gasteiger partial charge is 0.0435 e. The highest BCUT2D eigenvalue weighted by Crippen LogP contribution is 2.15. The highest BCUT2D eigenvalue weighted by Gasteiger charge is 1.96. The Labute approximate surface area is 85.1 Å². The van der Waals surface area contributed by atoms with E-state index >= 15 is 0 Å². The molecule has 0 spiro atoms. The summed E-state index contributed by atoms with van der Waals surface area (Å²) in [6.07, 6.45) is 1.17. The Bertz CT molecular complexity index is 271. The minimum Gasteiger partial charge on any atom is -0.313 e. The number of aryl methyl sites for hydroxylation is 1. The number of rotatable bonds is 4. The molecule has 1 aromatic rings. The number of hydrogen-bond acceptors (Lipinski definition) is 1. The van der Waals surface area contributed by atoms with E-state index in [0.29, 0.717) is 0 Å². The van der Waals surface area contributed by atoms with Crippen molar-refractivity contribution < 1.29 is 0 Å². The lowest BCUT2D eigenvalue weighted by atomic mass is 10.1. The van der Waals surface area contributed by atoms with Crippen molar-refractivity contribution in [2.45, 2.75) is 26.8 Å². The van der Waals surface area contributed by atoms with Crippen molar-refractivity contribution in [1.82, 2.24) is 5.32 Å². The fraction of sp³-hybridized carbons (Fsp3) is 0.455. The highest BCUT2D eigenvalue weighted by atomic mass is 35.5. The Morgan fingerprint density at radius 3 is 2.77 bits per heavy atom. The molecule has 1 rings (SSSR count). The number of benzene rings is 1. The Morgan fingerprint density at radius 1 is 1.38 bits per heavy atom. The Balaban J connectivity index is 2.53. The average Bonchev–Trinajstić information content (AvgIpc) is 2.12. The lowest BCUT2D eigenvalue weighted by Crippen LogP contribution is -2.13. The van der Waals surface area contributed by atoms with E-state index in [0.717, 1.165) is 23.7 Å². The van der Waals surface area contributed by atoms with Gasteiger partial charge in [-0.25, -0.2) is 0 Å². The van der Waals surface area contributed by atoms with Crippen molar-refractivity contribution >= 4 is 11.6 Å². The predicted molar refractivity (Wildman–Crippen MR) is 58.2 cm³/mol. The first-order chi connectivity index (χ1) is 6.24. The summed E-state index contributed by atoms with van der Waals surface area (Å²) in [5.41, 5.74) is 2.45. The third kappa shape index (κ3) is 3.37. The molecule has 0 aliphatic rings. The van der Waals surface area contributed by atoms with E-state index in [2.05, 4.69) is 24.4 Å². The van der Waals surface area contributed by atoms with Crippen LogP contribution in [0, 0.1) is 6.92 Å². The lowest BCUT2D eigenvalue weighted by molar-refractivity contribution is 0.675. The van der Waals surface area contributed by atoms with Crippen LogP contribution in [0.3, 0.4) is 0 Å². The summed E-state index contributed by atoms with van der Waals surface area (Å²) >= 11 is 5.92. The van der Waals surface area contributed by atoms with Gasteiger partial charge in [0.25, 0.3) is 0 Å². The summed E-state index contributed by atoms with van der Waals surface area (Å²) in [4.78, 5) is 0. The van der Waals surface area contributed by atoms with Crippen LogP contribution in [0.15, 0.2) is 18.2 Å². The van der Waals surface area contributed by atoms with Crippen LogP contribution in [0.25, 0.3) is 0 Å². The van der Waals surface area contributed by atoms with E-state index < -0.39 is 0 Å². The molecule has 13 heavy (non-hydrogen) atoms. The molecule has 0 aliphatic heterocycles. The molecule has 0 saturated heterocycles. The number of halogens is 1. The third-order valence-corrected chi connectivity index (χ3v) is 2.40. The van der Waals surface area contributed by atoms with Crippen LogP contribution in [0.5, 0.6) is 0 Å². The van der Waals surface area contributed by atoms with E-state index in [1.54, 1.807) is 0 Å². The molecule has 1 nitrogen and oxygen atoms in total. The van der Waals surface area contributed by atoms with Crippen molar-refractivity contribution in [2.24, 2.45) is 0 Å². The number of nitrogens with one attached hydrogen (secondary N) is 1. The molecule has 0 saturated carbocycles. The van der Waals surface area contributed by atoms with Crippen LogP contribution in [-0.2, 0) is 6.54 Å². The summed E-state index contributed by atoms with van der Waals surface area (Å²) in [7, 11) is 0. The lowest BCUT2D eigenvalue weighted by Gasteiger charge is -2.05. The van der Waals surface area contributed by atoms with Gasteiger partial charge in [-0.05, 0) is 37.1 Å². The van der Waals surface area contributed by atoms with Crippen LogP contribution >= 0.6 is 11.6 Å². The average molecular weight is 198 g/mol. The molecular weight excluding hydrogens is 182 g/mol. The van der Waals surface area contributed by atoms with Gasteiger partial charge in [-0.1, -0.05) is 30.7 Å². The van der Waals surface area contributed by atoms with E-state index in [1.807, 2.05) is 13.0 Å². The quantitative estimate of drug-likeness (QED) is 0.732. The van der Waals surface area contributed by atoms with Crippen LogP contribution in [0.2, 0.25) is 5.02 Å². The fourth-order valence-electron chi connectivity index (χ4n) is 1.23. The van der Waals surface area contributed by atoms with Gasteiger partial charge in [0.1, 0.15) is 0 Å². The topological polar surface area (TPSA) is 12.0 Å². The Morgan fingerprint density at radius 2 is 2.15 bits per heavy atom. The molecule has 1 N–H and O–H groups in total. The van der Waals surface area contributed by atoms with Crippen LogP contribution < -0.4 is 5.32 Å². The molecule has 0 aromatic heterocycles. The minimum absolute atomic E-state index is 0.847. The Hall–Kier alpha value is -0.530. The van der Waals surface area contributed by atoms with E-state index in [4.69, 9.17) is 11.6 Å². The first-order valence-electron chi connectivity index (χ1n) is 4.69. The normalized spacial score (nSPS) is 10.4. The molecule has 0 unspecified atom stereocenters. The zero-order valence-corrected chi connectivity index (χ0v) is 8.99. The molecule has 2 heteroatoms. The second-order valence-electron chi connectivity index (χ2n) is 3.26. The first kappa shape index (κ1) is 10.6. The highest BCUT2D eigenvalue weighted by molar-refractivity contribution is 6.31. The van der Waals surface area contributed by atoms with Gasteiger partial charge in [-0.3, -0.25) is 0 Å². The second-order valence-corrected chi connectivity index (χ2v) is 3.67. The van der Waals surface area contributed by atoms with Crippen LogP contribution in [-0.4, -0.2) is 6.54 Å². The van der Waals surface area contributed by atoms with E-state index in [-0.39, 0.29) is 0 Å². The first-order valence-corrected chi connectivity index (χ1v) is 5.07. The molecule has 1 aromatic carbocycles. The fourth-order valence-corrected chi connectivity index (χ4v) is 1.34. The second kappa shape index (κ2) is 5.25. The minimum atomic E-state index is 0.847. The van der Waals surface area contributed by atoms with Crippen molar-refractivity contribution in [1.29, 1.82) is 0 Å². The maximum atomic E-state index is 5.92. The molecule has 72 valence electrons. The van der Waals surface area contributed by atoms with Gasteiger partial charge < -0.3 is 5.32 Å². The van der Waals surface area contributed by atoms with Gasteiger partial charge in [-0.15, -0.1) is 0 Å². The SMILES string of the molecule is CCCNCc1ccc(Cl)c(C)c1. The predicted octanol–water partition coefficient (Wildman–Crippen LogP) is 3.15. The van der Waals surface area contributed by atoms with Crippen molar-refractivity contribution in [3.8, 4) is 0 Å². The van der Waals surface area contributed by atoms with E-state index in [9.17, 15) is 0 Å².